The second kappa shape index (κ2) is 11.6. The molecule has 0 aromatic heterocycles. The van der Waals surface area contributed by atoms with E-state index in [0.29, 0.717) is 0 Å². The van der Waals surface area contributed by atoms with Crippen LogP contribution in [0.15, 0.2) is 17.8 Å². The Labute approximate surface area is 177 Å². The standard InChI is InChI=1S/C10H17N3O11S2.Na/c1-3-4-21-8-7(23-25(14,15)16)6(5-12-13-11)22-10(20-2)9(8)24-26(17,18)19;/h3,6-10H,1,4-5H2,2H3,(H,14,15,16)(H,17,18,19);/q;+1/t6-,7-,8+,9+,10+;/m1./s1. The van der Waals surface area contributed by atoms with Gasteiger partial charge in [0.05, 0.1) is 19.3 Å². The average molecular weight is 442 g/mol. The van der Waals surface area contributed by atoms with Gasteiger partial charge >= 0.3 is 50.4 Å². The summed E-state index contributed by atoms with van der Waals surface area (Å²) in [5.41, 5.74) is 8.43. The van der Waals surface area contributed by atoms with Crippen molar-refractivity contribution >= 4 is 20.8 Å². The van der Waals surface area contributed by atoms with Crippen molar-refractivity contribution in [1.82, 2.24) is 0 Å². The van der Waals surface area contributed by atoms with Crippen LogP contribution in [0.1, 0.15) is 0 Å². The summed E-state index contributed by atoms with van der Waals surface area (Å²) in [5.74, 6) is 0. The summed E-state index contributed by atoms with van der Waals surface area (Å²) in [7, 11) is -9.00. The normalized spacial score (nSPS) is 28.6. The quantitative estimate of drug-likeness (QED) is 0.0852. The smallest absolute Gasteiger partial charge is 0.368 e. The Morgan fingerprint density at radius 2 is 1.74 bits per heavy atom. The average Bonchev–Trinajstić information content (AvgIpc) is 2.50. The monoisotopic (exact) mass is 442 g/mol. The molecule has 1 aliphatic rings. The van der Waals surface area contributed by atoms with E-state index in [0.717, 1.165) is 7.11 Å². The number of ether oxygens (including phenoxy) is 3. The third kappa shape index (κ3) is 9.14. The summed E-state index contributed by atoms with van der Waals surface area (Å²) in [6, 6.07) is 0. The maximum atomic E-state index is 11.1. The predicted molar refractivity (Wildman–Crippen MR) is 82.5 cm³/mol. The summed E-state index contributed by atoms with van der Waals surface area (Å²) in [6.07, 6.45) is -6.60. The molecule has 1 saturated heterocycles. The van der Waals surface area contributed by atoms with Crippen molar-refractivity contribution in [3.63, 3.8) is 0 Å². The Morgan fingerprint density at radius 1 is 1.19 bits per heavy atom. The first-order chi connectivity index (χ1) is 12.0. The van der Waals surface area contributed by atoms with Crippen molar-refractivity contribution in [3.8, 4) is 0 Å². The van der Waals surface area contributed by atoms with Crippen molar-refractivity contribution in [1.29, 1.82) is 0 Å². The Kier molecular flexibility index (Phi) is 11.5. The Morgan fingerprint density at radius 3 is 2.19 bits per heavy atom. The molecular formula is C10H17N3NaO11S2+. The van der Waals surface area contributed by atoms with Gasteiger partial charge in [-0.2, -0.15) is 16.8 Å². The van der Waals surface area contributed by atoms with Gasteiger partial charge in [-0.25, -0.2) is 8.37 Å². The third-order valence-electron chi connectivity index (χ3n) is 3.02. The number of azide groups is 1. The van der Waals surface area contributed by atoms with E-state index in [9.17, 15) is 16.8 Å². The maximum absolute atomic E-state index is 11.1. The first-order valence-corrected chi connectivity index (χ1v) is 9.48. The fourth-order valence-electron chi connectivity index (χ4n) is 2.20. The van der Waals surface area contributed by atoms with Crippen LogP contribution in [0.5, 0.6) is 0 Å². The third-order valence-corrected chi connectivity index (χ3v) is 3.95. The van der Waals surface area contributed by atoms with Crippen molar-refractivity contribution in [3.05, 3.63) is 23.1 Å². The molecule has 0 amide bonds. The Balaban J connectivity index is 0.00000676. The van der Waals surface area contributed by atoms with Gasteiger partial charge in [0.2, 0.25) is 0 Å². The van der Waals surface area contributed by atoms with Crippen LogP contribution >= 0.6 is 0 Å². The summed E-state index contributed by atoms with van der Waals surface area (Å²) in [5, 5.41) is 3.22. The fourth-order valence-corrected chi connectivity index (χ4v) is 3.20. The van der Waals surface area contributed by atoms with E-state index in [-0.39, 0.29) is 36.2 Å². The first kappa shape index (κ1) is 26.7. The molecule has 14 nitrogen and oxygen atoms in total. The van der Waals surface area contributed by atoms with E-state index in [1.807, 2.05) is 0 Å². The van der Waals surface area contributed by atoms with Gasteiger partial charge in [-0.05, 0) is 5.53 Å². The molecule has 1 rings (SSSR count). The van der Waals surface area contributed by atoms with E-state index >= 15 is 0 Å². The molecule has 1 heterocycles. The van der Waals surface area contributed by atoms with Gasteiger partial charge in [0.25, 0.3) is 0 Å². The minimum atomic E-state index is -5.06. The van der Waals surface area contributed by atoms with Crippen LogP contribution in [-0.4, -0.2) is 76.9 Å². The van der Waals surface area contributed by atoms with E-state index in [1.165, 1.54) is 6.08 Å². The molecule has 5 atom stereocenters. The number of hydrogen-bond donors (Lipinski definition) is 2. The van der Waals surface area contributed by atoms with E-state index < -0.39 is 58.0 Å². The first-order valence-electron chi connectivity index (χ1n) is 6.75. The molecule has 0 unspecified atom stereocenters. The number of hydrogen-bond acceptors (Lipinski definition) is 10. The fraction of sp³-hybridized carbons (Fsp3) is 0.800. The van der Waals surface area contributed by atoms with Gasteiger partial charge in [0.1, 0.15) is 12.2 Å². The molecule has 0 radical (unpaired) electrons. The molecular weight excluding hydrogens is 425 g/mol. The summed E-state index contributed by atoms with van der Waals surface area (Å²) < 4.78 is 86.8. The summed E-state index contributed by atoms with van der Waals surface area (Å²) >= 11 is 0. The molecule has 0 bridgehead atoms. The molecule has 0 aromatic rings. The Bertz CT molecular complexity index is 739. The molecule has 150 valence electrons. The predicted octanol–water partition coefficient (Wildman–Crippen LogP) is -3.38. The largest absolute Gasteiger partial charge is 1.00 e. The number of rotatable bonds is 10. The van der Waals surface area contributed by atoms with E-state index in [1.54, 1.807) is 0 Å². The van der Waals surface area contributed by atoms with Crippen LogP contribution in [0.25, 0.3) is 10.4 Å². The van der Waals surface area contributed by atoms with Gasteiger partial charge in [0, 0.05) is 12.0 Å². The van der Waals surface area contributed by atoms with Gasteiger partial charge in [-0.3, -0.25) is 9.11 Å². The molecule has 0 aliphatic carbocycles. The molecule has 1 fully saturated rings. The van der Waals surface area contributed by atoms with Crippen LogP contribution in [-0.2, 0) is 43.4 Å². The van der Waals surface area contributed by atoms with Gasteiger partial charge in [0.15, 0.2) is 12.4 Å². The number of methoxy groups -OCH3 is 1. The maximum Gasteiger partial charge on any atom is 1.00 e. The Hall–Kier alpha value is -0.330. The second-order valence-electron chi connectivity index (χ2n) is 4.76. The zero-order valence-electron chi connectivity index (χ0n) is 14.3. The second-order valence-corrected chi connectivity index (χ2v) is 6.85. The van der Waals surface area contributed by atoms with E-state index in [4.69, 9.17) is 28.8 Å². The van der Waals surface area contributed by atoms with E-state index in [2.05, 4.69) is 25.0 Å². The molecule has 1 aliphatic heterocycles. The molecule has 27 heavy (non-hydrogen) atoms. The van der Waals surface area contributed by atoms with Crippen LogP contribution in [0.3, 0.4) is 0 Å². The summed E-state index contributed by atoms with van der Waals surface area (Å²) in [6.45, 7) is 2.67. The van der Waals surface area contributed by atoms with Crippen LogP contribution in [0.2, 0.25) is 0 Å². The van der Waals surface area contributed by atoms with Crippen LogP contribution in [0, 0.1) is 0 Å². The van der Waals surface area contributed by atoms with Gasteiger partial charge in [-0.1, -0.05) is 11.2 Å². The zero-order chi connectivity index (χ0) is 20.0. The molecule has 0 saturated carbocycles. The summed E-state index contributed by atoms with van der Waals surface area (Å²) in [4.78, 5) is 2.49. The molecule has 0 aromatic carbocycles. The molecule has 2 N–H and O–H groups in total. The minimum absolute atomic E-state index is 0. The van der Waals surface area contributed by atoms with Gasteiger partial charge < -0.3 is 14.2 Å². The molecule has 0 spiro atoms. The van der Waals surface area contributed by atoms with Crippen LogP contribution < -0.4 is 29.6 Å². The minimum Gasteiger partial charge on any atom is -0.368 e. The van der Waals surface area contributed by atoms with Crippen molar-refractivity contribution in [2.45, 2.75) is 30.7 Å². The topological polar surface area (TPSA) is 204 Å². The van der Waals surface area contributed by atoms with Crippen molar-refractivity contribution < 1.29 is 78.1 Å². The molecule has 17 heteroatoms. The number of nitrogens with zero attached hydrogens (tertiary/aromatic N) is 3. The van der Waals surface area contributed by atoms with Gasteiger partial charge in [-0.15, -0.1) is 6.58 Å². The zero-order valence-corrected chi connectivity index (χ0v) is 17.9. The van der Waals surface area contributed by atoms with Crippen molar-refractivity contribution in [2.24, 2.45) is 5.11 Å². The SMILES string of the molecule is C=CCO[C@@H]1[C@H](OS(=O)(=O)O)[C@@H](OC)O[C@H](CN=[N+]=[N-])[C@H]1OS(=O)(=O)O.[Na+]. The van der Waals surface area contributed by atoms with Crippen LogP contribution in [0.4, 0.5) is 0 Å². The van der Waals surface area contributed by atoms with Crippen molar-refractivity contribution in [2.75, 3.05) is 20.3 Å².